The molecule has 0 saturated carbocycles. The molecule has 5 nitrogen and oxygen atoms in total. The molecule has 6 heteroatoms. The fraction of sp³-hybridized carbons (Fsp3) is 0.278. The normalized spacial score (nSPS) is 14.4. The summed E-state index contributed by atoms with van der Waals surface area (Å²) in [5.74, 6) is 1.76. The average molecular weight is 346 g/mol. The Balaban J connectivity index is 1.75. The van der Waals surface area contributed by atoms with E-state index in [2.05, 4.69) is 5.32 Å². The number of benzene rings is 2. The Morgan fingerprint density at radius 2 is 2.04 bits per heavy atom. The number of hydrogen-bond donors (Lipinski definition) is 1. The zero-order valence-electron chi connectivity index (χ0n) is 13.1. The predicted octanol–water partition coefficient (Wildman–Crippen LogP) is 3.47. The van der Waals surface area contributed by atoms with Crippen molar-refractivity contribution in [3.8, 4) is 17.2 Å². The Kier molecular flexibility index (Phi) is 3.73. The number of fused-ring (bicyclic) bond motifs is 2. The summed E-state index contributed by atoms with van der Waals surface area (Å²) in [5, 5.41) is 3.42. The number of nitrogens with one attached hydrogen (secondary N) is 1. The Morgan fingerprint density at radius 3 is 2.88 bits per heavy atom. The SMILES string of the molecule is COc1ccc(Cl)cc1NC(=O)c1c2c(cc3c1OCC3)OCC2. The van der Waals surface area contributed by atoms with Gasteiger partial charge < -0.3 is 19.5 Å². The third-order valence-corrected chi connectivity index (χ3v) is 4.52. The summed E-state index contributed by atoms with van der Waals surface area (Å²) >= 11 is 6.04. The number of carbonyl (C=O) groups excluding carboxylic acids is 1. The van der Waals surface area contributed by atoms with Gasteiger partial charge in [-0.15, -0.1) is 0 Å². The van der Waals surface area contributed by atoms with Crippen LogP contribution in [0.25, 0.3) is 0 Å². The molecule has 124 valence electrons. The minimum atomic E-state index is -0.240. The maximum absolute atomic E-state index is 13.0. The van der Waals surface area contributed by atoms with Crippen molar-refractivity contribution in [2.45, 2.75) is 12.8 Å². The van der Waals surface area contributed by atoms with Gasteiger partial charge in [-0.1, -0.05) is 11.6 Å². The van der Waals surface area contributed by atoms with Crippen LogP contribution in [0.15, 0.2) is 24.3 Å². The lowest BCUT2D eigenvalue weighted by Gasteiger charge is -2.14. The lowest BCUT2D eigenvalue weighted by Crippen LogP contribution is -2.16. The van der Waals surface area contributed by atoms with E-state index in [-0.39, 0.29) is 5.91 Å². The Labute approximate surface area is 144 Å². The number of amides is 1. The van der Waals surface area contributed by atoms with Crippen molar-refractivity contribution < 1.29 is 19.0 Å². The summed E-state index contributed by atoms with van der Waals surface area (Å²) < 4.78 is 16.7. The van der Waals surface area contributed by atoms with Crippen molar-refractivity contribution in [3.63, 3.8) is 0 Å². The number of hydrogen-bond acceptors (Lipinski definition) is 4. The van der Waals surface area contributed by atoms with Crippen molar-refractivity contribution in [2.24, 2.45) is 0 Å². The highest BCUT2D eigenvalue weighted by atomic mass is 35.5. The quantitative estimate of drug-likeness (QED) is 0.925. The maximum atomic E-state index is 13.0. The fourth-order valence-electron chi connectivity index (χ4n) is 3.19. The average Bonchev–Trinajstić information content (AvgIpc) is 3.20. The summed E-state index contributed by atoms with van der Waals surface area (Å²) in [5.41, 5.74) is 2.99. The summed E-state index contributed by atoms with van der Waals surface area (Å²) in [6.45, 7) is 1.16. The van der Waals surface area contributed by atoms with Crippen molar-refractivity contribution in [1.29, 1.82) is 0 Å². The molecule has 2 aliphatic rings. The number of carbonyl (C=O) groups is 1. The molecular formula is C18H16ClNO4. The molecule has 0 bridgehead atoms. The van der Waals surface area contributed by atoms with Crippen LogP contribution in [0.3, 0.4) is 0 Å². The van der Waals surface area contributed by atoms with Gasteiger partial charge in [0, 0.05) is 29.0 Å². The largest absolute Gasteiger partial charge is 0.495 e. The molecule has 1 N–H and O–H groups in total. The fourth-order valence-corrected chi connectivity index (χ4v) is 3.36. The van der Waals surface area contributed by atoms with Gasteiger partial charge in [0.05, 0.1) is 31.6 Å². The van der Waals surface area contributed by atoms with E-state index in [0.717, 1.165) is 23.3 Å². The molecule has 1 amide bonds. The third-order valence-electron chi connectivity index (χ3n) is 4.29. The number of halogens is 1. The molecule has 0 aliphatic carbocycles. The van der Waals surface area contributed by atoms with Crippen LogP contribution in [-0.2, 0) is 12.8 Å². The molecule has 2 heterocycles. The van der Waals surface area contributed by atoms with Crippen LogP contribution < -0.4 is 19.5 Å². The molecule has 0 fully saturated rings. The molecule has 0 radical (unpaired) electrons. The van der Waals surface area contributed by atoms with Gasteiger partial charge in [-0.25, -0.2) is 0 Å². The molecule has 4 rings (SSSR count). The summed E-state index contributed by atoms with van der Waals surface area (Å²) in [6, 6.07) is 7.09. The molecule has 0 aromatic heterocycles. The van der Waals surface area contributed by atoms with Crippen LogP contribution in [0, 0.1) is 0 Å². The van der Waals surface area contributed by atoms with Gasteiger partial charge >= 0.3 is 0 Å². The Hall–Kier alpha value is -2.40. The van der Waals surface area contributed by atoms with Crippen LogP contribution in [0.4, 0.5) is 5.69 Å². The minimum Gasteiger partial charge on any atom is -0.495 e. The van der Waals surface area contributed by atoms with Gasteiger partial charge in [-0.05, 0) is 24.3 Å². The number of anilines is 1. The molecule has 2 aromatic carbocycles. The number of methoxy groups -OCH3 is 1. The van der Waals surface area contributed by atoms with Crippen LogP contribution in [-0.4, -0.2) is 26.2 Å². The van der Waals surface area contributed by atoms with E-state index in [0.29, 0.717) is 47.4 Å². The first kappa shape index (κ1) is 15.1. The van der Waals surface area contributed by atoms with Crippen molar-refractivity contribution in [2.75, 3.05) is 25.6 Å². The molecule has 2 aromatic rings. The van der Waals surface area contributed by atoms with Gasteiger partial charge in [0.15, 0.2) is 0 Å². The zero-order valence-corrected chi connectivity index (χ0v) is 13.9. The highest BCUT2D eigenvalue weighted by molar-refractivity contribution is 6.31. The standard InChI is InChI=1S/C18H16ClNO4/c1-22-14-3-2-11(19)9-13(14)20-18(21)16-12-5-7-23-15(12)8-10-4-6-24-17(10)16/h2-3,8-9H,4-7H2,1H3,(H,20,21). The van der Waals surface area contributed by atoms with Crippen LogP contribution >= 0.6 is 11.6 Å². The number of ether oxygens (including phenoxy) is 3. The van der Waals surface area contributed by atoms with E-state index in [4.69, 9.17) is 25.8 Å². The van der Waals surface area contributed by atoms with Crippen LogP contribution in [0.1, 0.15) is 21.5 Å². The monoisotopic (exact) mass is 345 g/mol. The van der Waals surface area contributed by atoms with E-state index in [9.17, 15) is 4.79 Å². The molecule has 0 unspecified atom stereocenters. The molecule has 0 atom stereocenters. The van der Waals surface area contributed by atoms with E-state index >= 15 is 0 Å². The van der Waals surface area contributed by atoms with Gasteiger partial charge in [0.1, 0.15) is 17.2 Å². The van der Waals surface area contributed by atoms with E-state index < -0.39 is 0 Å². The van der Waals surface area contributed by atoms with Crippen molar-refractivity contribution >= 4 is 23.2 Å². The van der Waals surface area contributed by atoms with Gasteiger partial charge in [0.25, 0.3) is 5.91 Å². The van der Waals surface area contributed by atoms with E-state index in [1.165, 1.54) is 0 Å². The minimum absolute atomic E-state index is 0.240. The van der Waals surface area contributed by atoms with Crippen LogP contribution in [0.2, 0.25) is 5.02 Å². The Bertz CT molecular complexity index is 802. The lowest BCUT2D eigenvalue weighted by molar-refractivity contribution is 0.102. The van der Waals surface area contributed by atoms with Gasteiger partial charge in [0.2, 0.25) is 0 Å². The molecule has 0 spiro atoms. The highest BCUT2D eigenvalue weighted by Crippen LogP contribution is 2.41. The Morgan fingerprint density at radius 1 is 1.21 bits per heavy atom. The molecule has 2 aliphatic heterocycles. The second-order valence-corrected chi connectivity index (χ2v) is 6.15. The van der Waals surface area contributed by atoms with Gasteiger partial charge in [-0.3, -0.25) is 4.79 Å². The lowest BCUT2D eigenvalue weighted by atomic mass is 9.99. The highest BCUT2D eigenvalue weighted by Gasteiger charge is 2.30. The third kappa shape index (κ3) is 2.45. The smallest absolute Gasteiger partial charge is 0.259 e. The second-order valence-electron chi connectivity index (χ2n) is 5.71. The van der Waals surface area contributed by atoms with Gasteiger partial charge in [-0.2, -0.15) is 0 Å². The molecule has 0 saturated heterocycles. The van der Waals surface area contributed by atoms with Crippen molar-refractivity contribution in [1.82, 2.24) is 0 Å². The van der Waals surface area contributed by atoms with E-state index in [1.807, 2.05) is 6.07 Å². The molecule has 24 heavy (non-hydrogen) atoms. The van der Waals surface area contributed by atoms with E-state index in [1.54, 1.807) is 25.3 Å². The summed E-state index contributed by atoms with van der Waals surface area (Å²) in [7, 11) is 1.55. The van der Waals surface area contributed by atoms with Crippen LogP contribution in [0.5, 0.6) is 17.2 Å². The maximum Gasteiger partial charge on any atom is 0.259 e. The first-order valence-electron chi connectivity index (χ1n) is 7.76. The summed E-state index contributed by atoms with van der Waals surface area (Å²) in [6.07, 6.45) is 1.48. The molecular weight excluding hydrogens is 330 g/mol. The first-order valence-corrected chi connectivity index (χ1v) is 8.14. The second kappa shape index (κ2) is 5.91. The predicted molar refractivity (Wildman–Crippen MR) is 90.8 cm³/mol. The zero-order chi connectivity index (χ0) is 16.7. The first-order chi connectivity index (χ1) is 11.7. The number of rotatable bonds is 3. The topological polar surface area (TPSA) is 56.8 Å². The van der Waals surface area contributed by atoms with Crippen molar-refractivity contribution in [3.05, 3.63) is 46.0 Å². The summed E-state index contributed by atoms with van der Waals surface area (Å²) in [4.78, 5) is 13.0.